The molecule has 0 bridgehead atoms. The Kier molecular flexibility index (Phi) is 2.79. The molecule has 2 fully saturated rings. The lowest BCUT2D eigenvalue weighted by Gasteiger charge is -2.32. The lowest BCUT2D eigenvalue weighted by molar-refractivity contribution is 0.168. The largest absolute Gasteiger partial charge is 0.314 e. The minimum Gasteiger partial charge on any atom is -0.314 e. The molecule has 11 heavy (non-hydrogen) atoms. The summed E-state index contributed by atoms with van der Waals surface area (Å²) >= 11 is 0. The fraction of sp³-hybridized carbons (Fsp3) is 1.00. The van der Waals surface area contributed by atoms with Crippen molar-refractivity contribution in [3.63, 3.8) is 0 Å². The normalized spacial score (nSPS) is 29.2. The third-order valence-corrected chi connectivity index (χ3v) is 2.85. The second kappa shape index (κ2) is 3.30. The van der Waals surface area contributed by atoms with Crippen LogP contribution in [-0.4, -0.2) is 36.6 Å². The summed E-state index contributed by atoms with van der Waals surface area (Å²) < 4.78 is 0. The van der Waals surface area contributed by atoms with Gasteiger partial charge >= 0.3 is 0 Å². The monoisotopic (exact) mass is 176 g/mol. The van der Waals surface area contributed by atoms with Crippen LogP contribution in [-0.2, 0) is 0 Å². The third kappa shape index (κ3) is 1.86. The van der Waals surface area contributed by atoms with Crippen molar-refractivity contribution in [1.29, 1.82) is 0 Å². The molecule has 2 nitrogen and oxygen atoms in total. The zero-order valence-corrected chi connectivity index (χ0v) is 7.91. The Morgan fingerprint density at radius 2 is 1.73 bits per heavy atom. The molecule has 1 heterocycles. The van der Waals surface area contributed by atoms with Crippen LogP contribution in [0.25, 0.3) is 0 Å². The fourth-order valence-corrected chi connectivity index (χ4v) is 1.70. The lowest BCUT2D eigenvalue weighted by Crippen LogP contribution is -2.48. The second-order valence-corrected chi connectivity index (χ2v) is 3.73. The molecule has 1 saturated heterocycles. The average molecular weight is 177 g/mol. The maximum Gasteiger partial charge on any atom is 0.0183 e. The number of piperazine rings is 1. The van der Waals surface area contributed by atoms with Crippen LogP contribution in [0.1, 0.15) is 19.8 Å². The summed E-state index contributed by atoms with van der Waals surface area (Å²) in [5.41, 5.74) is 0.613. The molecule has 1 N–H and O–H groups in total. The summed E-state index contributed by atoms with van der Waals surface area (Å²) in [6.07, 6.45) is 2.85. The van der Waals surface area contributed by atoms with Crippen LogP contribution in [0.5, 0.6) is 0 Å². The van der Waals surface area contributed by atoms with E-state index in [1.807, 2.05) is 0 Å². The molecule has 0 aromatic rings. The van der Waals surface area contributed by atoms with E-state index < -0.39 is 0 Å². The minimum atomic E-state index is 0. The van der Waals surface area contributed by atoms with Crippen molar-refractivity contribution in [3.8, 4) is 0 Å². The van der Waals surface area contributed by atoms with Gasteiger partial charge in [0.25, 0.3) is 0 Å². The van der Waals surface area contributed by atoms with E-state index in [9.17, 15) is 0 Å². The van der Waals surface area contributed by atoms with Crippen molar-refractivity contribution in [2.45, 2.75) is 25.3 Å². The molecule has 1 aliphatic carbocycles. The smallest absolute Gasteiger partial charge is 0.0183 e. The summed E-state index contributed by atoms with van der Waals surface area (Å²) in [7, 11) is 0. The molecule has 3 heteroatoms. The fourth-order valence-electron chi connectivity index (χ4n) is 1.70. The molecule has 0 spiro atoms. The number of halogens is 1. The first kappa shape index (κ1) is 9.30. The van der Waals surface area contributed by atoms with Gasteiger partial charge in [-0.2, -0.15) is 0 Å². The average Bonchev–Trinajstić information content (AvgIpc) is 2.72. The van der Waals surface area contributed by atoms with Crippen LogP contribution in [0.2, 0.25) is 0 Å². The molecule has 0 aromatic carbocycles. The van der Waals surface area contributed by atoms with Crippen LogP contribution in [0.3, 0.4) is 0 Å². The van der Waals surface area contributed by atoms with E-state index >= 15 is 0 Å². The first-order valence-electron chi connectivity index (χ1n) is 4.27. The number of rotatable bonds is 1. The summed E-state index contributed by atoms with van der Waals surface area (Å²) in [6, 6.07) is 0. The van der Waals surface area contributed by atoms with Crippen molar-refractivity contribution in [2.75, 3.05) is 26.2 Å². The maximum atomic E-state index is 3.37. The SMILES string of the molecule is CC1(N2CCNCC2)CC1.Cl. The molecular formula is C8H17ClN2. The summed E-state index contributed by atoms with van der Waals surface area (Å²) in [6.45, 7) is 7.29. The van der Waals surface area contributed by atoms with Gasteiger partial charge in [0.15, 0.2) is 0 Å². The number of nitrogens with one attached hydrogen (secondary N) is 1. The second-order valence-electron chi connectivity index (χ2n) is 3.73. The molecule has 0 atom stereocenters. The molecule has 2 aliphatic rings. The van der Waals surface area contributed by atoms with Gasteiger partial charge in [-0.05, 0) is 19.8 Å². The van der Waals surface area contributed by atoms with E-state index in [0.717, 1.165) is 0 Å². The van der Waals surface area contributed by atoms with Gasteiger partial charge in [0.05, 0.1) is 0 Å². The van der Waals surface area contributed by atoms with Crippen LogP contribution in [0, 0.1) is 0 Å². The van der Waals surface area contributed by atoms with Crippen molar-refractivity contribution in [2.24, 2.45) is 0 Å². The summed E-state index contributed by atoms with van der Waals surface area (Å²) in [5, 5.41) is 3.37. The molecular weight excluding hydrogens is 160 g/mol. The van der Waals surface area contributed by atoms with E-state index in [4.69, 9.17) is 0 Å². The summed E-state index contributed by atoms with van der Waals surface area (Å²) in [5.74, 6) is 0. The van der Waals surface area contributed by atoms with Gasteiger partial charge in [0.2, 0.25) is 0 Å². The number of hydrogen-bond acceptors (Lipinski definition) is 2. The van der Waals surface area contributed by atoms with E-state index in [-0.39, 0.29) is 12.4 Å². The van der Waals surface area contributed by atoms with Gasteiger partial charge in [0, 0.05) is 31.7 Å². The predicted molar refractivity (Wildman–Crippen MR) is 49.3 cm³/mol. The Morgan fingerprint density at radius 3 is 2.18 bits per heavy atom. The Morgan fingerprint density at radius 1 is 1.18 bits per heavy atom. The first-order chi connectivity index (χ1) is 4.81. The molecule has 66 valence electrons. The molecule has 0 amide bonds. The lowest BCUT2D eigenvalue weighted by atomic mass is 10.2. The van der Waals surface area contributed by atoms with Crippen molar-refractivity contribution >= 4 is 12.4 Å². The van der Waals surface area contributed by atoms with E-state index in [0.29, 0.717) is 5.54 Å². The molecule has 2 rings (SSSR count). The van der Waals surface area contributed by atoms with Crippen LogP contribution in [0.4, 0.5) is 0 Å². The molecule has 1 saturated carbocycles. The van der Waals surface area contributed by atoms with Crippen LogP contribution in [0.15, 0.2) is 0 Å². The topological polar surface area (TPSA) is 15.3 Å². The van der Waals surface area contributed by atoms with Gasteiger partial charge in [-0.25, -0.2) is 0 Å². The quantitative estimate of drug-likeness (QED) is 0.638. The van der Waals surface area contributed by atoms with Gasteiger partial charge < -0.3 is 5.32 Å². The third-order valence-electron chi connectivity index (χ3n) is 2.85. The van der Waals surface area contributed by atoms with Crippen molar-refractivity contribution in [1.82, 2.24) is 10.2 Å². The first-order valence-corrected chi connectivity index (χ1v) is 4.27. The Balaban J connectivity index is 0.000000605. The molecule has 0 aromatic heterocycles. The standard InChI is InChI=1S/C8H16N2.ClH/c1-8(2-3-8)10-6-4-9-5-7-10;/h9H,2-7H2,1H3;1H. The Hall–Kier alpha value is 0.210. The Bertz CT molecular complexity index is 128. The maximum absolute atomic E-state index is 3.37. The highest BCUT2D eigenvalue weighted by Gasteiger charge is 2.42. The van der Waals surface area contributed by atoms with Crippen LogP contribution >= 0.6 is 12.4 Å². The van der Waals surface area contributed by atoms with Gasteiger partial charge in [-0.1, -0.05) is 0 Å². The van der Waals surface area contributed by atoms with Gasteiger partial charge in [0.1, 0.15) is 0 Å². The van der Waals surface area contributed by atoms with E-state index in [2.05, 4.69) is 17.1 Å². The van der Waals surface area contributed by atoms with Crippen molar-refractivity contribution in [3.05, 3.63) is 0 Å². The summed E-state index contributed by atoms with van der Waals surface area (Å²) in [4.78, 5) is 2.63. The molecule has 1 aliphatic heterocycles. The Labute approximate surface area is 74.7 Å². The van der Waals surface area contributed by atoms with Gasteiger partial charge in [-0.15, -0.1) is 12.4 Å². The highest BCUT2D eigenvalue weighted by molar-refractivity contribution is 5.85. The number of nitrogens with zero attached hydrogens (tertiary/aromatic N) is 1. The molecule has 0 radical (unpaired) electrons. The minimum absolute atomic E-state index is 0. The predicted octanol–water partition coefficient (Wildman–Crippen LogP) is 0.866. The zero-order chi connectivity index (χ0) is 7.03. The van der Waals surface area contributed by atoms with Crippen molar-refractivity contribution < 1.29 is 0 Å². The van der Waals surface area contributed by atoms with E-state index in [1.165, 1.54) is 39.0 Å². The highest BCUT2D eigenvalue weighted by Crippen LogP contribution is 2.40. The number of hydrogen-bond donors (Lipinski definition) is 1. The molecule has 0 unspecified atom stereocenters. The zero-order valence-electron chi connectivity index (χ0n) is 7.10. The highest BCUT2D eigenvalue weighted by atomic mass is 35.5. The van der Waals surface area contributed by atoms with Crippen LogP contribution < -0.4 is 5.32 Å². The van der Waals surface area contributed by atoms with E-state index in [1.54, 1.807) is 0 Å². The van der Waals surface area contributed by atoms with Gasteiger partial charge in [-0.3, -0.25) is 4.90 Å².